The first-order valence-electron chi connectivity index (χ1n) is 5.32. The number of anilines is 1. The molecule has 1 N–H and O–H groups in total. The fraction of sp³-hybridized carbons (Fsp3) is 0.333. The molecule has 2 heterocycles. The van der Waals surface area contributed by atoms with Gasteiger partial charge < -0.3 is 5.32 Å². The molecular weight excluding hydrogens is 218 g/mol. The third kappa shape index (κ3) is 3.03. The Kier molecular flexibility index (Phi) is 3.51. The predicted molar refractivity (Wildman–Crippen MR) is 67.9 cm³/mol. The lowest BCUT2D eigenvalue weighted by Crippen LogP contribution is -2.18. The Balaban J connectivity index is 1.92. The molecule has 0 aliphatic rings. The van der Waals surface area contributed by atoms with Crippen LogP contribution in [0.25, 0.3) is 0 Å². The quantitative estimate of drug-likeness (QED) is 0.882. The molecule has 0 aliphatic carbocycles. The summed E-state index contributed by atoms with van der Waals surface area (Å²) in [6, 6.07) is 4.72. The summed E-state index contributed by atoms with van der Waals surface area (Å²) in [6.45, 7) is 4.29. The molecule has 3 nitrogen and oxygen atoms in total. The van der Waals surface area contributed by atoms with E-state index in [1.165, 1.54) is 9.75 Å². The average molecular weight is 233 g/mol. The van der Waals surface area contributed by atoms with Crippen LogP contribution >= 0.6 is 11.3 Å². The van der Waals surface area contributed by atoms with Gasteiger partial charge in [-0.2, -0.15) is 0 Å². The molecule has 0 saturated carbocycles. The van der Waals surface area contributed by atoms with Crippen LogP contribution in [-0.2, 0) is 6.42 Å². The van der Waals surface area contributed by atoms with Crippen LogP contribution in [-0.4, -0.2) is 16.0 Å². The van der Waals surface area contributed by atoms with Gasteiger partial charge in [-0.1, -0.05) is 0 Å². The van der Waals surface area contributed by atoms with Gasteiger partial charge in [-0.25, -0.2) is 4.98 Å². The minimum absolute atomic E-state index is 0.370. The van der Waals surface area contributed by atoms with Gasteiger partial charge in [0.2, 0.25) is 0 Å². The van der Waals surface area contributed by atoms with E-state index in [1.54, 1.807) is 18.6 Å². The van der Waals surface area contributed by atoms with Crippen LogP contribution in [0.2, 0.25) is 0 Å². The van der Waals surface area contributed by atoms with Crippen LogP contribution in [0, 0.1) is 6.92 Å². The summed E-state index contributed by atoms with van der Waals surface area (Å²) in [5.41, 5.74) is 0. The minimum atomic E-state index is 0.370. The first-order chi connectivity index (χ1) is 7.74. The molecule has 0 saturated heterocycles. The highest BCUT2D eigenvalue weighted by Crippen LogP contribution is 2.17. The number of hydrogen-bond acceptors (Lipinski definition) is 4. The van der Waals surface area contributed by atoms with E-state index in [0.29, 0.717) is 6.04 Å². The smallest absolute Gasteiger partial charge is 0.144 e. The van der Waals surface area contributed by atoms with Gasteiger partial charge in [0.25, 0.3) is 0 Å². The van der Waals surface area contributed by atoms with E-state index < -0.39 is 0 Å². The lowest BCUT2D eigenvalue weighted by molar-refractivity contribution is 0.793. The van der Waals surface area contributed by atoms with Crippen LogP contribution in [0.5, 0.6) is 0 Å². The highest BCUT2D eigenvalue weighted by Gasteiger charge is 2.05. The number of rotatable bonds is 4. The normalized spacial score (nSPS) is 12.4. The van der Waals surface area contributed by atoms with Crippen LogP contribution in [0.1, 0.15) is 16.7 Å². The summed E-state index contributed by atoms with van der Waals surface area (Å²) >= 11 is 1.85. The van der Waals surface area contributed by atoms with Crippen molar-refractivity contribution >= 4 is 17.2 Å². The van der Waals surface area contributed by atoms with E-state index in [1.807, 2.05) is 11.3 Å². The van der Waals surface area contributed by atoms with Gasteiger partial charge in [0.1, 0.15) is 5.82 Å². The second-order valence-electron chi connectivity index (χ2n) is 3.85. The van der Waals surface area contributed by atoms with Crippen molar-refractivity contribution in [2.45, 2.75) is 26.3 Å². The fourth-order valence-corrected chi connectivity index (χ4v) is 2.59. The lowest BCUT2D eigenvalue weighted by atomic mass is 10.2. The van der Waals surface area contributed by atoms with Crippen molar-refractivity contribution in [3.05, 3.63) is 40.5 Å². The van der Waals surface area contributed by atoms with Gasteiger partial charge in [-0.05, 0) is 26.0 Å². The van der Waals surface area contributed by atoms with Gasteiger partial charge in [-0.3, -0.25) is 4.98 Å². The first kappa shape index (κ1) is 11.1. The first-order valence-corrected chi connectivity index (χ1v) is 6.13. The van der Waals surface area contributed by atoms with E-state index >= 15 is 0 Å². The number of aromatic nitrogens is 2. The zero-order valence-electron chi connectivity index (χ0n) is 9.47. The van der Waals surface area contributed by atoms with E-state index in [9.17, 15) is 0 Å². The minimum Gasteiger partial charge on any atom is -0.366 e. The average Bonchev–Trinajstić information content (AvgIpc) is 2.65. The maximum Gasteiger partial charge on any atom is 0.144 e. The number of hydrogen-bond donors (Lipinski definition) is 1. The summed E-state index contributed by atoms with van der Waals surface area (Å²) in [4.78, 5) is 11.0. The summed E-state index contributed by atoms with van der Waals surface area (Å²) in [6.07, 6.45) is 6.15. The number of nitrogens with one attached hydrogen (secondary N) is 1. The topological polar surface area (TPSA) is 37.8 Å². The molecule has 2 aromatic heterocycles. The molecule has 1 atom stereocenters. The molecule has 0 aliphatic heterocycles. The van der Waals surface area contributed by atoms with Crippen molar-refractivity contribution < 1.29 is 0 Å². The van der Waals surface area contributed by atoms with Crippen LogP contribution in [0.15, 0.2) is 30.7 Å². The van der Waals surface area contributed by atoms with Crippen molar-refractivity contribution in [1.29, 1.82) is 0 Å². The zero-order chi connectivity index (χ0) is 11.4. The summed E-state index contributed by atoms with van der Waals surface area (Å²) < 4.78 is 0. The maximum atomic E-state index is 4.20. The second-order valence-corrected chi connectivity index (χ2v) is 5.22. The predicted octanol–water partition coefficient (Wildman–Crippen LogP) is 2.89. The standard InChI is InChI=1S/C12H15N3S/c1-9(7-11-4-3-10(2)16-11)15-12-8-13-5-6-14-12/h3-6,8-9H,7H2,1-2H3,(H,14,15). The molecule has 4 heteroatoms. The second kappa shape index (κ2) is 5.07. The van der Waals surface area contributed by atoms with Crippen LogP contribution in [0.3, 0.4) is 0 Å². The SMILES string of the molecule is Cc1ccc(CC(C)Nc2cnccn2)s1. The molecular formula is C12H15N3S. The Morgan fingerprint density at radius 3 is 2.88 bits per heavy atom. The monoisotopic (exact) mass is 233 g/mol. The molecule has 0 aromatic carbocycles. The number of thiophene rings is 1. The highest BCUT2D eigenvalue weighted by atomic mass is 32.1. The number of aryl methyl sites for hydroxylation is 1. The van der Waals surface area contributed by atoms with Crippen molar-refractivity contribution in [2.75, 3.05) is 5.32 Å². The lowest BCUT2D eigenvalue weighted by Gasteiger charge is -2.12. The fourth-order valence-electron chi connectivity index (χ4n) is 1.57. The van der Waals surface area contributed by atoms with Crippen LogP contribution in [0.4, 0.5) is 5.82 Å². The van der Waals surface area contributed by atoms with E-state index in [0.717, 1.165) is 12.2 Å². The molecule has 84 valence electrons. The third-order valence-corrected chi connectivity index (χ3v) is 3.28. The van der Waals surface area contributed by atoms with Crippen molar-refractivity contribution in [1.82, 2.24) is 9.97 Å². The summed E-state index contributed by atoms with van der Waals surface area (Å²) in [7, 11) is 0. The Hall–Kier alpha value is -1.42. The molecule has 0 fully saturated rings. The molecule has 0 spiro atoms. The zero-order valence-corrected chi connectivity index (χ0v) is 10.3. The van der Waals surface area contributed by atoms with E-state index in [2.05, 4.69) is 41.3 Å². The highest BCUT2D eigenvalue weighted by molar-refractivity contribution is 7.11. The van der Waals surface area contributed by atoms with Crippen molar-refractivity contribution in [2.24, 2.45) is 0 Å². The Bertz CT molecular complexity index is 439. The summed E-state index contributed by atoms with van der Waals surface area (Å²) in [5.74, 6) is 0.836. The Labute approximate surface area is 99.6 Å². The van der Waals surface area contributed by atoms with Crippen LogP contribution < -0.4 is 5.32 Å². The molecule has 16 heavy (non-hydrogen) atoms. The molecule has 0 bridgehead atoms. The van der Waals surface area contributed by atoms with E-state index in [4.69, 9.17) is 0 Å². The van der Waals surface area contributed by atoms with Crippen molar-refractivity contribution in [3.8, 4) is 0 Å². The largest absolute Gasteiger partial charge is 0.366 e. The molecule has 2 aromatic rings. The maximum absolute atomic E-state index is 4.20. The van der Waals surface area contributed by atoms with Gasteiger partial charge in [0.05, 0.1) is 6.20 Å². The van der Waals surface area contributed by atoms with Gasteiger partial charge in [0.15, 0.2) is 0 Å². The molecule has 0 radical (unpaired) electrons. The van der Waals surface area contributed by atoms with Crippen molar-refractivity contribution in [3.63, 3.8) is 0 Å². The molecule has 0 amide bonds. The molecule has 2 rings (SSSR count). The Morgan fingerprint density at radius 2 is 2.25 bits per heavy atom. The summed E-state index contributed by atoms with van der Waals surface area (Å²) in [5, 5.41) is 3.33. The van der Waals surface area contributed by atoms with Gasteiger partial charge in [0, 0.05) is 34.6 Å². The van der Waals surface area contributed by atoms with E-state index in [-0.39, 0.29) is 0 Å². The van der Waals surface area contributed by atoms with Gasteiger partial charge in [-0.15, -0.1) is 11.3 Å². The number of nitrogens with zero attached hydrogens (tertiary/aromatic N) is 2. The Morgan fingerprint density at radius 1 is 1.38 bits per heavy atom. The van der Waals surface area contributed by atoms with Gasteiger partial charge >= 0.3 is 0 Å². The molecule has 1 unspecified atom stereocenters. The third-order valence-electron chi connectivity index (χ3n) is 2.26.